The third kappa shape index (κ3) is 5.43. The summed E-state index contributed by atoms with van der Waals surface area (Å²) in [4.78, 5) is 16.7. The molecule has 0 aromatic heterocycles. The van der Waals surface area contributed by atoms with Gasteiger partial charge in [0.2, 0.25) is 5.91 Å². The molecule has 0 bridgehead atoms. The van der Waals surface area contributed by atoms with Crippen molar-refractivity contribution in [3.05, 3.63) is 23.8 Å². The second kappa shape index (κ2) is 9.40. The molecule has 1 rings (SSSR count). The van der Waals surface area contributed by atoms with Crippen molar-refractivity contribution >= 4 is 17.3 Å². The Hall–Kier alpha value is -1.75. The summed E-state index contributed by atoms with van der Waals surface area (Å²) in [5, 5.41) is 0. The zero-order valence-electron chi connectivity index (χ0n) is 15.1. The quantitative estimate of drug-likeness (QED) is 0.711. The monoisotopic (exact) mass is 321 g/mol. The lowest BCUT2D eigenvalue weighted by atomic mass is 10.0. The van der Waals surface area contributed by atoms with Crippen molar-refractivity contribution in [1.82, 2.24) is 4.90 Å². The molecule has 5 heteroatoms. The number of anilines is 2. The van der Waals surface area contributed by atoms with Gasteiger partial charge in [0.1, 0.15) is 0 Å². The van der Waals surface area contributed by atoms with Crippen LogP contribution in [0.15, 0.2) is 18.2 Å². The second-order valence-corrected chi connectivity index (χ2v) is 6.05. The van der Waals surface area contributed by atoms with E-state index >= 15 is 0 Å². The maximum absolute atomic E-state index is 12.8. The van der Waals surface area contributed by atoms with Crippen LogP contribution >= 0.6 is 0 Å². The molecule has 1 aromatic rings. The van der Waals surface area contributed by atoms with Crippen molar-refractivity contribution in [2.45, 2.75) is 33.2 Å². The van der Waals surface area contributed by atoms with Crippen LogP contribution < -0.4 is 10.6 Å². The minimum Gasteiger partial charge on any atom is -0.399 e. The molecular weight excluding hydrogens is 290 g/mol. The van der Waals surface area contributed by atoms with Gasteiger partial charge in [-0.15, -0.1) is 0 Å². The Balaban J connectivity index is 3.05. The Bertz CT molecular complexity index is 499. The first kappa shape index (κ1) is 19.3. The van der Waals surface area contributed by atoms with Crippen molar-refractivity contribution in [2.75, 3.05) is 45.0 Å². The molecule has 2 N–H and O–H groups in total. The van der Waals surface area contributed by atoms with Crippen molar-refractivity contribution in [3.63, 3.8) is 0 Å². The highest BCUT2D eigenvalue weighted by Crippen LogP contribution is 2.24. The van der Waals surface area contributed by atoms with Crippen LogP contribution in [0.5, 0.6) is 0 Å². The lowest BCUT2D eigenvalue weighted by Gasteiger charge is -2.28. The van der Waals surface area contributed by atoms with E-state index < -0.39 is 0 Å². The summed E-state index contributed by atoms with van der Waals surface area (Å²) in [7, 11) is 5.65. The minimum atomic E-state index is 0.0655. The van der Waals surface area contributed by atoms with Gasteiger partial charge in [-0.25, -0.2) is 0 Å². The molecule has 0 unspecified atom stereocenters. The van der Waals surface area contributed by atoms with E-state index in [2.05, 4.69) is 13.8 Å². The summed E-state index contributed by atoms with van der Waals surface area (Å²) < 4.78 is 5.18. The van der Waals surface area contributed by atoms with Crippen LogP contribution in [-0.4, -0.2) is 45.2 Å². The number of nitrogens with two attached hydrogens (primary N) is 1. The average Bonchev–Trinajstić information content (AvgIpc) is 2.52. The maximum Gasteiger partial charge on any atom is 0.226 e. The van der Waals surface area contributed by atoms with Gasteiger partial charge in [0.25, 0.3) is 0 Å². The number of carbonyl (C=O) groups excluding carboxylic acids is 1. The van der Waals surface area contributed by atoms with Crippen LogP contribution in [0.1, 0.15) is 32.3 Å². The molecule has 0 fully saturated rings. The first-order valence-electron chi connectivity index (χ1n) is 8.27. The van der Waals surface area contributed by atoms with E-state index in [0.717, 1.165) is 24.1 Å². The zero-order valence-corrected chi connectivity index (χ0v) is 15.1. The standard InChI is InChI=1S/C18H31N3O2/c1-6-14(7-2)18(22)21(10-11-23-5)13-15-12-16(19)8-9-17(15)20(3)4/h8-9,12,14H,6-7,10-11,13,19H2,1-5H3. The van der Waals surface area contributed by atoms with Gasteiger partial charge in [0, 0.05) is 51.6 Å². The number of hydrogen-bond acceptors (Lipinski definition) is 4. The van der Waals surface area contributed by atoms with Crippen molar-refractivity contribution in [2.24, 2.45) is 5.92 Å². The first-order valence-corrected chi connectivity index (χ1v) is 8.27. The Kier molecular flexibility index (Phi) is 7.89. The van der Waals surface area contributed by atoms with Gasteiger partial charge < -0.3 is 20.3 Å². The number of nitrogen functional groups attached to an aromatic ring is 1. The van der Waals surface area contributed by atoms with Crippen LogP contribution in [0, 0.1) is 5.92 Å². The van der Waals surface area contributed by atoms with Gasteiger partial charge in [-0.3, -0.25) is 4.79 Å². The first-order chi connectivity index (χ1) is 10.9. The predicted octanol–water partition coefficient (Wildman–Crippen LogP) is 2.75. The van der Waals surface area contributed by atoms with Crippen molar-refractivity contribution in [1.29, 1.82) is 0 Å². The normalized spacial score (nSPS) is 10.9. The molecule has 0 heterocycles. The van der Waals surface area contributed by atoms with E-state index in [4.69, 9.17) is 10.5 Å². The molecule has 0 saturated heterocycles. The largest absolute Gasteiger partial charge is 0.399 e. The topological polar surface area (TPSA) is 58.8 Å². The van der Waals surface area contributed by atoms with Gasteiger partial charge in [-0.2, -0.15) is 0 Å². The van der Waals surface area contributed by atoms with Gasteiger partial charge in [0.15, 0.2) is 0 Å². The van der Waals surface area contributed by atoms with Crippen LogP contribution in [0.2, 0.25) is 0 Å². The fraction of sp³-hybridized carbons (Fsp3) is 0.611. The van der Waals surface area contributed by atoms with Gasteiger partial charge in [-0.05, 0) is 36.6 Å². The molecule has 1 aromatic carbocycles. The summed E-state index contributed by atoms with van der Waals surface area (Å²) in [5.74, 6) is 0.259. The molecule has 0 aliphatic carbocycles. The number of ether oxygens (including phenoxy) is 1. The molecule has 0 radical (unpaired) electrons. The fourth-order valence-corrected chi connectivity index (χ4v) is 2.74. The van der Waals surface area contributed by atoms with E-state index in [9.17, 15) is 4.79 Å². The molecule has 1 amide bonds. The molecule has 0 aliphatic rings. The van der Waals surface area contributed by atoms with E-state index in [1.165, 1.54) is 0 Å². The Morgan fingerprint density at radius 3 is 2.43 bits per heavy atom. The van der Waals surface area contributed by atoms with Crippen LogP contribution in [-0.2, 0) is 16.1 Å². The smallest absolute Gasteiger partial charge is 0.226 e. The number of benzene rings is 1. The lowest BCUT2D eigenvalue weighted by molar-refractivity contribution is -0.137. The minimum absolute atomic E-state index is 0.0655. The Morgan fingerprint density at radius 2 is 1.91 bits per heavy atom. The van der Waals surface area contributed by atoms with Crippen LogP contribution in [0.25, 0.3) is 0 Å². The maximum atomic E-state index is 12.8. The fourth-order valence-electron chi connectivity index (χ4n) is 2.74. The Morgan fingerprint density at radius 1 is 1.26 bits per heavy atom. The molecular formula is C18H31N3O2. The van der Waals surface area contributed by atoms with E-state index in [-0.39, 0.29) is 11.8 Å². The third-order valence-corrected chi connectivity index (χ3v) is 4.16. The summed E-state index contributed by atoms with van der Waals surface area (Å²) in [6, 6.07) is 5.84. The third-order valence-electron chi connectivity index (χ3n) is 4.16. The highest BCUT2D eigenvalue weighted by molar-refractivity contribution is 5.79. The highest BCUT2D eigenvalue weighted by atomic mass is 16.5. The van der Waals surface area contributed by atoms with Gasteiger partial charge >= 0.3 is 0 Å². The number of rotatable bonds is 9. The Labute approximate surface area is 140 Å². The van der Waals surface area contributed by atoms with Crippen molar-refractivity contribution < 1.29 is 9.53 Å². The summed E-state index contributed by atoms with van der Waals surface area (Å²) in [5.41, 5.74) is 8.80. The van der Waals surface area contributed by atoms with Gasteiger partial charge in [0.05, 0.1) is 6.61 Å². The lowest BCUT2D eigenvalue weighted by Crippen LogP contribution is -2.38. The van der Waals surface area contributed by atoms with Gasteiger partial charge in [-0.1, -0.05) is 13.8 Å². The molecule has 130 valence electrons. The van der Waals surface area contributed by atoms with Crippen LogP contribution in [0.3, 0.4) is 0 Å². The molecule has 0 atom stereocenters. The van der Waals surface area contributed by atoms with E-state index in [1.807, 2.05) is 42.1 Å². The number of amides is 1. The highest BCUT2D eigenvalue weighted by Gasteiger charge is 2.22. The van der Waals surface area contributed by atoms with Crippen LogP contribution in [0.4, 0.5) is 11.4 Å². The number of methoxy groups -OCH3 is 1. The molecule has 0 spiro atoms. The van der Waals surface area contributed by atoms with E-state index in [1.54, 1.807) is 7.11 Å². The second-order valence-electron chi connectivity index (χ2n) is 6.05. The molecule has 23 heavy (non-hydrogen) atoms. The average molecular weight is 321 g/mol. The van der Waals surface area contributed by atoms with E-state index in [0.29, 0.717) is 25.4 Å². The zero-order chi connectivity index (χ0) is 17.4. The summed E-state index contributed by atoms with van der Waals surface area (Å²) in [6.07, 6.45) is 1.71. The SMILES string of the molecule is CCC(CC)C(=O)N(CCOC)Cc1cc(N)ccc1N(C)C. The summed E-state index contributed by atoms with van der Waals surface area (Å²) in [6.45, 7) is 5.80. The number of hydrogen-bond donors (Lipinski definition) is 1. The van der Waals surface area contributed by atoms with Crippen molar-refractivity contribution in [3.8, 4) is 0 Å². The number of carbonyl (C=O) groups is 1. The predicted molar refractivity (Wildman–Crippen MR) is 96.5 cm³/mol. The molecule has 0 saturated carbocycles. The summed E-state index contributed by atoms with van der Waals surface area (Å²) >= 11 is 0. The molecule has 5 nitrogen and oxygen atoms in total. The number of nitrogens with zero attached hydrogens (tertiary/aromatic N) is 2. The molecule has 0 aliphatic heterocycles.